The molecule has 1 aliphatic rings. The summed E-state index contributed by atoms with van der Waals surface area (Å²) in [7, 11) is -2.16. The van der Waals surface area contributed by atoms with Gasteiger partial charge < -0.3 is 25.1 Å². The van der Waals surface area contributed by atoms with E-state index >= 15 is 4.39 Å². The van der Waals surface area contributed by atoms with E-state index < -0.39 is 63.5 Å². The second-order valence-corrected chi connectivity index (χ2v) is 10.7. The maximum Gasteiger partial charge on any atom is 0.406 e. The number of nitrogen functional groups attached to an aromatic ring is 1. The smallest absolute Gasteiger partial charge is 0.406 e. The Bertz CT molecular complexity index is 1200. The van der Waals surface area contributed by atoms with Gasteiger partial charge in [0.05, 0.1) is 27.2 Å². The van der Waals surface area contributed by atoms with Gasteiger partial charge in [-0.1, -0.05) is 13.8 Å². The van der Waals surface area contributed by atoms with Crippen LogP contribution >= 0.6 is 7.75 Å². The van der Waals surface area contributed by atoms with Crippen LogP contribution in [0.1, 0.15) is 32.3 Å². The molecule has 3 heterocycles. The minimum atomic E-state index is -4.42. The maximum absolute atomic E-state index is 15.2. The molecule has 0 bridgehead atoms. The predicted molar refractivity (Wildman–Crippen MR) is 129 cm³/mol. The Morgan fingerprint density at radius 3 is 2.63 bits per heavy atom. The highest BCUT2D eigenvalue weighted by Gasteiger charge is 2.47. The van der Waals surface area contributed by atoms with Crippen molar-refractivity contribution in [2.24, 2.45) is 5.92 Å². The van der Waals surface area contributed by atoms with Gasteiger partial charge in [-0.25, -0.2) is 33.8 Å². The number of hydrogen-bond donors (Lipinski definition) is 3. The molecule has 0 amide bonds. The zero-order valence-corrected chi connectivity index (χ0v) is 22.5. The lowest BCUT2D eigenvalue weighted by atomic mass is 10.1. The molecule has 4 N–H and O–H groups in total. The molecule has 17 heteroatoms. The number of alkyl halides is 1. The van der Waals surface area contributed by atoms with Crippen molar-refractivity contribution in [3.8, 4) is 0 Å². The molecule has 2 aromatic heterocycles. The molecule has 2 unspecified atom stereocenters. The monoisotopic (exact) mass is 562 g/mol. The van der Waals surface area contributed by atoms with Crippen molar-refractivity contribution in [1.82, 2.24) is 24.6 Å². The first kappa shape index (κ1) is 29.8. The van der Waals surface area contributed by atoms with Crippen molar-refractivity contribution in [2.45, 2.75) is 57.8 Å². The van der Waals surface area contributed by atoms with E-state index in [-0.39, 0.29) is 29.3 Å². The van der Waals surface area contributed by atoms with Crippen molar-refractivity contribution in [3.05, 3.63) is 12.2 Å². The number of ether oxygens (including phenoxy) is 3. The maximum atomic E-state index is 15.2. The summed E-state index contributed by atoms with van der Waals surface area (Å²) in [6.07, 6.45) is -4.92. The topological polar surface area (TPSA) is 199 Å². The second kappa shape index (κ2) is 12.4. The summed E-state index contributed by atoms with van der Waals surface area (Å²) in [5, 5.41) is 13.0. The summed E-state index contributed by atoms with van der Waals surface area (Å²) >= 11 is 0. The van der Waals surface area contributed by atoms with Gasteiger partial charge in [-0.15, -0.1) is 0 Å². The highest BCUT2D eigenvalue weighted by molar-refractivity contribution is 7.51. The summed E-state index contributed by atoms with van der Waals surface area (Å²) in [4.78, 5) is 36.2. The standard InChI is InChI=1S/C21H32FN6O9P/c1-10(2)6-12(21(31)34-5)27-38(32,36-8-14(29)33-4)35-7-13-17(30)15(22)20(37-13)28-9-24-16-18(23)25-11(3)26-19(16)28/h9-10,12-13,15,17,20,30H,6-8H2,1-5H3,(H,27,32)(H2,23,25,26)/t12-,13+,15+,17?,20+,38?/m0/s1. The number of methoxy groups -OCH3 is 2. The van der Waals surface area contributed by atoms with Gasteiger partial charge in [0.1, 0.15) is 29.6 Å². The number of esters is 2. The van der Waals surface area contributed by atoms with E-state index in [0.717, 1.165) is 14.2 Å². The summed E-state index contributed by atoms with van der Waals surface area (Å²) < 4.78 is 55.4. The first-order valence-corrected chi connectivity index (χ1v) is 13.2. The van der Waals surface area contributed by atoms with Crippen LogP contribution in [0.2, 0.25) is 0 Å². The van der Waals surface area contributed by atoms with Crippen LogP contribution in [0, 0.1) is 12.8 Å². The van der Waals surface area contributed by atoms with Gasteiger partial charge in [0.25, 0.3) is 0 Å². The Kier molecular flexibility index (Phi) is 9.73. The first-order chi connectivity index (χ1) is 17.9. The van der Waals surface area contributed by atoms with Gasteiger partial charge in [-0.05, 0) is 19.3 Å². The lowest BCUT2D eigenvalue weighted by molar-refractivity contribution is -0.143. The fraction of sp³-hybridized carbons (Fsp3) is 0.667. The average Bonchev–Trinajstić information content (AvgIpc) is 3.41. The fourth-order valence-corrected chi connectivity index (χ4v) is 5.22. The van der Waals surface area contributed by atoms with E-state index in [2.05, 4.69) is 24.8 Å². The number of aryl methyl sites for hydroxylation is 1. The third-order valence-corrected chi connectivity index (χ3v) is 7.21. The largest absolute Gasteiger partial charge is 0.468 e. The number of halogens is 1. The minimum absolute atomic E-state index is 0.0276. The first-order valence-electron chi connectivity index (χ1n) is 11.6. The highest BCUT2D eigenvalue weighted by Crippen LogP contribution is 2.46. The Morgan fingerprint density at radius 1 is 1.29 bits per heavy atom. The van der Waals surface area contributed by atoms with E-state index in [0.29, 0.717) is 5.82 Å². The molecule has 0 radical (unpaired) electrons. The van der Waals surface area contributed by atoms with Crippen molar-refractivity contribution in [2.75, 3.05) is 33.2 Å². The number of nitrogens with zero attached hydrogens (tertiary/aromatic N) is 4. The molecule has 1 aliphatic heterocycles. The number of nitrogens with two attached hydrogens (primary N) is 1. The van der Waals surface area contributed by atoms with Crippen LogP contribution < -0.4 is 10.8 Å². The number of nitrogens with one attached hydrogen (secondary N) is 1. The highest BCUT2D eigenvalue weighted by atomic mass is 31.2. The lowest BCUT2D eigenvalue weighted by Gasteiger charge is -2.26. The number of hydrogen-bond acceptors (Lipinski definition) is 13. The number of anilines is 1. The van der Waals surface area contributed by atoms with Crippen LogP contribution in [-0.2, 0) is 37.4 Å². The van der Waals surface area contributed by atoms with Gasteiger partial charge in [0, 0.05) is 0 Å². The molecule has 2 aromatic rings. The zero-order valence-electron chi connectivity index (χ0n) is 21.6. The number of aliphatic hydroxyl groups excluding tert-OH is 1. The molecule has 1 saturated heterocycles. The van der Waals surface area contributed by atoms with E-state index in [4.69, 9.17) is 24.3 Å². The van der Waals surface area contributed by atoms with Gasteiger partial charge in [0.15, 0.2) is 30.5 Å². The molecule has 0 spiro atoms. The molecule has 15 nitrogen and oxygen atoms in total. The van der Waals surface area contributed by atoms with Crippen LogP contribution in [-0.4, -0.2) is 88.4 Å². The quantitative estimate of drug-likeness (QED) is 0.242. The molecule has 3 rings (SSSR count). The second-order valence-electron chi connectivity index (χ2n) is 8.96. The van der Waals surface area contributed by atoms with Gasteiger partial charge in [-0.3, -0.25) is 18.4 Å². The summed E-state index contributed by atoms with van der Waals surface area (Å²) in [6.45, 7) is 3.83. The van der Waals surface area contributed by atoms with Crippen LogP contribution in [0.25, 0.3) is 11.2 Å². The number of carbonyl (C=O) groups is 2. The average molecular weight is 562 g/mol. The Morgan fingerprint density at radius 2 is 2.00 bits per heavy atom. The summed E-state index contributed by atoms with van der Waals surface area (Å²) in [6, 6.07) is -1.12. The van der Waals surface area contributed by atoms with Crippen molar-refractivity contribution < 1.29 is 46.9 Å². The van der Waals surface area contributed by atoms with E-state index in [9.17, 15) is 19.3 Å². The van der Waals surface area contributed by atoms with Crippen LogP contribution in [0.3, 0.4) is 0 Å². The Labute approximate surface area is 217 Å². The number of aliphatic hydroxyl groups is 1. The number of imidazole rings is 1. The fourth-order valence-electron chi connectivity index (χ4n) is 3.79. The number of fused-ring (bicyclic) bond motifs is 1. The molecular formula is C21H32FN6O9P. The van der Waals surface area contributed by atoms with Crippen molar-refractivity contribution >= 4 is 36.7 Å². The lowest BCUT2D eigenvalue weighted by Crippen LogP contribution is -2.39. The normalized spacial score (nSPS) is 23.9. The van der Waals surface area contributed by atoms with Gasteiger partial charge in [-0.2, -0.15) is 0 Å². The molecule has 38 heavy (non-hydrogen) atoms. The summed E-state index contributed by atoms with van der Waals surface area (Å²) in [5.74, 6) is -1.22. The Balaban J connectivity index is 1.79. The third-order valence-electron chi connectivity index (χ3n) is 5.62. The minimum Gasteiger partial charge on any atom is -0.468 e. The zero-order chi connectivity index (χ0) is 28.2. The molecule has 0 aromatic carbocycles. The molecular weight excluding hydrogens is 530 g/mol. The number of carbonyl (C=O) groups excluding carboxylic acids is 2. The van der Waals surface area contributed by atoms with Gasteiger partial charge in [0.2, 0.25) is 0 Å². The Hall–Kier alpha value is -2.75. The van der Waals surface area contributed by atoms with Gasteiger partial charge >= 0.3 is 19.7 Å². The van der Waals surface area contributed by atoms with Crippen LogP contribution in [0.15, 0.2) is 6.33 Å². The molecule has 6 atom stereocenters. The van der Waals surface area contributed by atoms with E-state index in [1.807, 2.05) is 13.8 Å². The summed E-state index contributed by atoms with van der Waals surface area (Å²) in [5.41, 5.74) is 6.29. The molecule has 212 valence electrons. The third kappa shape index (κ3) is 6.81. The van der Waals surface area contributed by atoms with E-state index in [1.165, 1.54) is 10.9 Å². The van der Waals surface area contributed by atoms with E-state index in [1.54, 1.807) is 6.92 Å². The van der Waals surface area contributed by atoms with Crippen LogP contribution in [0.5, 0.6) is 0 Å². The molecule has 1 fully saturated rings. The van der Waals surface area contributed by atoms with Crippen LogP contribution in [0.4, 0.5) is 10.2 Å². The van der Waals surface area contributed by atoms with Crippen molar-refractivity contribution in [3.63, 3.8) is 0 Å². The SMILES string of the molecule is COC(=O)COP(=O)(N[C@@H](CC(C)C)C(=O)OC)OC[C@H]1O[C@@H](n2cnc3c(N)nc(C)nc32)[C@H](F)C1O. The van der Waals surface area contributed by atoms with Crippen molar-refractivity contribution in [1.29, 1.82) is 0 Å². The predicted octanol–water partition coefficient (Wildman–Crippen LogP) is 0.805. The number of rotatable bonds is 12. The molecule has 0 aliphatic carbocycles. The number of aromatic nitrogens is 4. The molecule has 0 saturated carbocycles.